The van der Waals surface area contributed by atoms with Crippen LogP contribution in [-0.2, 0) is 14.8 Å². The molecule has 0 radical (unpaired) electrons. The topological polar surface area (TPSA) is 60.9 Å². The molecule has 0 unspecified atom stereocenters. The van der Waals surface area contributed by atoms with Gasteiger partial charge in [-0.2, -0.15) is 0 Å². The highest BCUT2D eigenvalue weighted by Gasteiger charge is 2.31. The Labute approximate surface area is 173 Å². The molecule has 156 valence electrons. The van der Waals surface area contributed by atoms with Crippen molar-refractivity contribution in [3.63, 3.8) is 0 Å². The molecule has 2 aromatic carbocycles. The number of rotatable bonds is 6. The standard InChI is InChI=1S/C22H29N3O3S/c1-4-23-13-15-24(16-14-23)22(26)17-25(21-12-8-9-18(2)19(21)3)29(27,28)20-10-6-5-7-11-20/h5-12H,4,13-17H2,1-3H3. The Bertz CT molecular complexity index is 953. The number of carbonyl (C=O) groups excluding carboxylic acids is 1. The molecule has 6 nitrogen and oxygen atoms in total. The first-order chi connectivity index (χ1) is 13.8. The van der Waals surface area contributed by atoms with Crippen LogP contribution in [-0.4, -0.2) is 63.4 Å². The van der Waals surface area contributed by atoms with Crippen molar-refractivity contribution in [2.24, 2.45) is 0 Å². The maximum atomic E-state index is 13.5. The Kier molecular flexibility index (Phi) is 6.59. The lowest BCUT2D eigenvalue weighted by atomic mass is 10.1. The molecule has 1 aliphatic heterocycles. The minimum atomic E-state index is -3.87. The van der Waals surface area contributed by atoms with E-state index in [1.807, 2.05) is 26.0 Å². The molecule has 0 bridgehead atoms. The summed E-state index contributed by atoms with van der Waals surface area (Å²) in [4.78, 5) is 17.3. The number of hydrogen-bond acceptors (Lipinski definition) is 4. The Balaban J connectivity index is 1.94. The largest absolute Gasteiger partial charge is 0.339 e. The van der Waals surface area contributed by atoms with Crippen molar-refractivity contribution < 1.29 is 13.2 Å². The molecule has 0 N–H and O–H groups in total. The molecule has 1 heterocycles. The average Bonchev–Trinajstić information content (AvgIpc) is 2.74. The number of nitrogens with zero attached hydrogens (tertiary/aromatic N) is 3. The Morgan fingerprint density at radius 3 is 2.24 bits per heavy atom. The molecule has 3 rings (SSSR count). The molecule has 2 aromatic rings. The number of hydrogen-bond donors (Lipinski definition) is 0. The van der Waals surface area contributed by atoms with E-state index in [4.69, 9.17) is 0 Å². The van der Waals surface area contributed by atoms with E-state index in [1.165, 1.54) is 4.31 Å². The summed E-state index contributed by atoms with van der Waals surface area (Å²) in [5.41, 5.74) is 2.39. The second kappa shape index (κ2) is 8.97. The van der Waals surface area contributed by atoms with Gasteiger partial charge < -0.3 is 9.80 Å². The van der Waals surface area contributed by atoms with E-state index in [-0.39, 0.29) is 17.3 Å². The first kappa shape index (κ1) is 21.3. The van der Waals surface area contributed by atoms with Crippen LogP contribution >= 0.6 is 0 Å². The van der Waals surface area contributed by atoms with Gasteiger partial charge >= 0.3 is 0 Å². The zero-order valence-corrected chi connectivity index (χ0v) is 18.2. The third-order valence-electron chi connectivity index (χ3n) is 5.63. The van der Waals surface area contributed by atoms with Crippen molar-refractivity contribution in [3.8, 4) is 0 Å². The summed E-state index contributed by atoms with van der Waals surface area (Å²) >= 11 is 0. The van der Waals surface area contributed by atoms with Gasteiger partial charge in [-0.1, -0.05) is 37.3 Å². The van der Waals surface area contributed by atoms with E-state index < -0.39 is 10.0 Å². The second-order valence-corrected chi connectivity index (χ2v) is 9.22. The molecule has 1 amide bonds. The summed E-state index contributed by atoms with van der Waals surface area (Å²) in [5.74, 6) is -0.166. The molecule has 1 aliphatic rings. The predicted molar refractivity (Wildman–Crippen MR) is 116 cm³/mol. The fourth-order valence-corrected chi connectivity index (χ4v) is 5.05. The SMILES string of the molecule is CCN1CCN(C(=O)CN(c2cccc(C)c2C)S(=O)(=O)c2ccccc2)CC1. The Morgan fingerprint density at radius 2 is 1.62 bits per heavy atom. The van der Waals surface area contributed by atoms with Gasteiger partial charge in [-0.3, -0.25) is 9.10 Å². The highest BCUT2D eigenvalue weighted by Crippen LogP contribution is 2.28. The quantitative estimate of drug-likeness (QED) is 0.728. The smallest absolute Gasteiger partial charge is 0.264 e. The number of aryl methyl sites for hydroxylation is 1. The highest BCUT2D eigenvalue weighted by atomic mass is 32.2. The summed E-state index contributed by atoms with van der Waals surface area (Å²) in [7, 11) is -3.87. The molecule has 0 spiro atoms. The molecule has 0 saturated carbocycles. The van der Waals surface area contributed by atoms with Crippen LogP contribution in [0.15, 0.2) is 53.4 Å². The van der Waals surface area contributed by atoms with Crippen molar-refractivity contribution >= 4 is 21.6 Å². The Morgan fingerprint density at radius 1 is 0.966 bits per heavy atom. The van der Waals surface area contributed by atoms with E-state index in [2.05, 4.69) is 11.8 Å². The fraction of sp³-hybridized carbons (Fsp3) is 0.409. The third kappa shape index (κ3) is 4.62. The number of amides is 1. The number of anilines is 1. The van der Waals surface area contributed by atoms with Gasteiger partial charge in [0, 0.05) is 26.2 Å². The molecule has 7 heteroatoms. The molecule has 0 aromatic heterocycles. The van der Waals surface area contributed by atoms with Gasteiger partial charge in [-0.15, -0.1) is 0 Å². The monoisotopic (exact) mass is 415 g/mol. The molecule has 1 saturated heterocycles. The van der Waals surface area contributed by atoms with Gasteiger partial charge in [-0.25, -0.2) is 8.42 Å². The van der Waals surface area contributed by atoms with E-state index in [0.29, 0.717) is 18.8 Å². The fourth-order valence-electron chi connectivity index (χ4n) is 3.56. The number of benzene rings is 2. The lowest BCUT2D eigenvalue weighted by Gasteiger charge is -2.35. The van der Waals surface area contributed by atoms with Gasteiger partial charge in [-0.05, 0) is 49.7 Å². The van der Waals surface area contributed by atoms with E-state index >= 15 is 0 Å². The minimum Gasteiger partial charge on any atom is -0.339 e. The zero-order valence-electron chi connectivity index (χ0n) is 17.3. The summed E-state index contributed by atoms with van der Waals surface area (Å²) in [5, 5.41) is 0. The number of carbonyl (C=O) groups is 1. The number of likely N-dealkylation sites (N-methyl/N-ethyl adjacent to an activating group) is 1. The summed E-state index contributed by atoms with van der Waals surface area (Å²) < 4.78 is 28.2. The van der Waals surface area contributed by atoms with Gasteiger partial charge in [0.05, 0.1) is 10.6 Å². The van der Waals surface area contributed by atoms with E-state index in [0.717, 1.165) is 30.8 Å². The lowest BCUT2D eigenvalue weighted by molar-refractivity contribution is -0.131. The molecule has 1 fully saturated rings. The van der Waals surface area contributed by atoms with Crippen LogP contribution < -0.4 is 4.31 Å². The summed E-state index contributed by atoms with van der Waals surface area (Å²) in [6.07, 6.45) is 0. The molecule has 29 heavy (non-hydrogen) atoms. The zero-order chi connectivity index (χ0) is 21.0. The molecular weight excluding hydrogens is 386 g/mol. The van der Waals surface area contributed by atoms with Gasteiger partial charge in [0.25, 0.3) is 10.0 Å². The maximum Gasteiger partial charge on any atom is 0.264 e. The Hall–Kier alpha value is -2.38. The van der Waals surface area contributed by atoms with Gasteiger partial charge in [0.1, 0.15) is 6.54 Å². The molecule has 0 aliphatic carbocycles. The first-order valence-electron chi connectivity index (χ1n) is 9.98. The van der Waals surface area contributed by atoms with Crippen molar-refractivity contribution in [1.82, 2.24) is 9.80 Å². The van der Waals surface area contributed by atoms with Crippen LogP contribution in [0.2, 0.25) is 0 Å². The van der Waals surface area contributed by atoms with Crippen molar-refractivity contribution in [2.45, 2.75) is 25.7 Å². The third-order valence-corrected chi connectivity index (χ3v) is 7.40. The van der Waals surface area contributed by atoms with E-state index in [9.17, 15) is 13.2 Å². The van der Waals surface area contributed by atoms with Crippen LogP contribution in [0.3, 0.4) is 0 Å². The van der Waals surface area contributed by atoms with Crippen LogP contribution in [0.1, 0.15) is 18.1 Å². The van der Waals surface area contributed by atoms with Crippen LogP contribution in [0.4, 0.5) is 5.69 Å². The van der Waals surface area contributed by atoms with Crippen molar-refractivity contribution in [3.05, 3.63) is 59.7 Å². The number of sulfonamides is 1. The molecule has 0 atom stereocenters. The normalized spacial score (nSPS) is 15.3. The number of piperazine rings is 1. The van der Waals surface area contributed by atoms with Crippen LogP contribution in [0, 0.1) is 13.8 Å². The van der Waals surface area contributed by atoms with E-state index in [1.54, 1.807) is 41.3 Å². The average molecular weight is 416 g/mol. The van der Waals surface area contributed by atoms with Crippen LogP contribution in [0.25, 0.3) is 0 Å². The summed E-state index contributed by atoms with van der Waals surface area (Å²) in [6.45, 7) is 9.57. The molecular formula is C22H29N3O3S. The van der Waals surface area contributed by atoms with Gasteiger partial charge in [0.2, 0.25) is 5.91 Å². The predicted octanol–water partition coefficient (Wildman–Crippen LogP) is 2.66. The van der Waals surface area contributed by atoms with Gasteiger partial charge in [0.15, 0.2) is 0 Å². The lowest BCUT2D eigenvalue weighted by Crippen LogP contribution is -2.51. The summed E-state index contributed by atoms with van der Waals surface area (Å²) in [6, 6.07) is 13.8. The van der Waals surface area contributed by atoms with Crippen molar-refractivity contribution in [2.75, 3.05) is 43.6 Å². The van der Waals surface area contributed by atoms with Crippen molar-refractivity contribution in [1.29, 1.82) is 0 Å². The minimum absolute atomic E-state index is 0.166. The first-order valence-corrected chi connectivity index (χ1v) is 11.4. The highest BCUT2D eigenvalue weighted by molar-refractivity contribution is 7.92. The second-order valence-electron chi connectivity index (χ2n) is 7.36. The maximum absolute atomic E-state index is 13.5. The van der Waals surface area contributed by atoms with Crippen LogP contribution in [0.5, 0.6) is 0 Å².